The van der Waals surface area contributed by atoms with E-state index >= 15 is 0 Å². The molecule has 1 saturated heterocycles. The third-order valence-corrected chi connectivity index (χ3v) is 6.80. The van der Waals surface area contributed by atoms with Crippen molar-refractivity contribution in [2.24, 2.45) is 0 Å². The Labute approximate surface area is 170 Å². The molecule has 1 aromatic carbocycles. The van der Waals surface area contributed by atoms with Crippen LogP contribution in [0.2, 0.25) is 0 Å². The van der Waals surface area contributed by atoms with Gasteiger partial charge in [0.2, 0.25) is 15.9 Å². The Bertz CT molecular complexity index is 892. The van der Waals surface area contributed by atoms with E-state index in [1.165, 1.54) is 29.2 Å². The molecule has 0 bridgehead atoms. The Morgan fingerprint density at radius 3 is 2.45 bits per heavy atom. The Hall–Kier alpha value is -2.46. The topological polar surface area (TPSA) is 125 Å². The molecule has 2 aliphatic rings. The van der Waals surface area contributed by atoms with Gasteiger partial charge in [0.25, 0.3) is 5.91 Å². The van der Waals surface area contributed by atoms with Crippen molar-refractivity contribution in [3.8, 4) is 0 Å². The second-order valence-corrected chi connectivity index (χ2v) is 9.12. The average Bonchev–Trinajstić information content (AvgIpc) is 3.25. The molecule has 1 aromatic rings. The van der Waals surface area contributed by atoms with Gasteiger partial charge in [0.05, 0.1) is 4.90 Å². The van der Waals surface area contributed by atoms with Gasteiger partial charge in [-0.1, -0.05) is 19.8 Å². The van der Waals surface area contributed by atoms with Crippen LogP contribution in [-0.4, -0.2) is 49.8 Å². The molecule has 2 fully saturated rings. The molecule has 1 aliphatic carbocycles. The molecule has 4 amide bonds. The number of urea groups is 1. The molecule has 0 atom stereocenters. The van der Waals surface area contributed by atoms with Crippen LogP contribution in [0.15, 0.2) is 29.2 Å². The molecule has 1 spiro atoms. The van der Waals surface area contributed by atoms with Gasteiger partial charge in [-0.05, 0) is 43.5 Å². The van der Waals surface area contributed by atoms with E-state index in [2.05, 4.69) is 15.4 Å². The zero-order valence-electron chi connectivity index (χ0n) is 16.4. The molecule has 1 heterocycles. The van der Waals surface area contributed by atoms with E-state index in [1.54, 1.807) is 6.92 Å². The Kier molecular flexibility index (Phi) is 6.23. The number of anilines is 1. The van der Waals surface area contributed by atoms with Crippen molar-refractivity contribution in [2.45, 2.75) is 55.9 Å². The van der Waals surface area contributed by atoms with Crippen LogP contribution >= 0.6 is 0 Å². The number of nitrogens with zero attached hydrogens (tertiary/aromatic N) is 1. The molecule has 0 radical (unpaired) electrons. The number of carbonyl (C=O) groups is 3. The van der Waals surface area contributed by atoms with Crippen molar-refractivity contribution in [1.29, 1.82) is 0 Å². The van der Waals surface area contributed by atoms with Gasteiger partial charge in [-0.15, -0.1) is 0 Å². The fraction of sp³-hybridized carbons (Fsp3) is 0.526. The fourth-order valence-corrected chi connectivity index (χ4v) is 4.76. The third kappa shape index (κ3) is 4.59. The Morgan fingerprint density at radius 1 is 1.17 bits per heavy atom. The third-order valence-electron chi connectivity index (χ3n) is 5.32. The summed E-state index contributed by atoms with van der Waals surface area (Å²) in [4.78, 5) is 37.3. The maximum Gasteiger partial charge on any atom is 0.325 e. The number of hydrogen-bond acceptors (Lipinski definition) is 5. The van der Waals surface area contributed by atoms with E-state index in [0.717, 1.165) is 12.8 Å². The van der Waals surface area contributed by atoms with Crippen LogP contribution in [0, 0.1) is 0 Å². The number of benzene rings is 1. The summed E-state index contributed by atoms with van der Waals surface area (Å²) in [5, 5.41) is 5.46. The number of amides is 4. The van der Waals surface area contributed by atoms with Crippen LogP contribution in [0.3, 0.4) is 0 Å². The number of sulfonamides is 1. The van der Waals surface area contributed by atoms with Crippen molar-refractivity contribution in [1.82, 2.24) is 14.9 Å². The van der Waals surface area contributed by atoms with E-state index in [9.17, 15) is 22.8 Å². The monoisotopic (exact) mass is 422 g/mol. The van der Waals surface area contributed by atoms with Crippen molar-refractivity contribution in [3.63, 3.8) is 0 Å². The van der Waals surface area contributed by atoms with Crippen LogP contribution in [0.25, 0.3) is 0 Å². The first-order chi connectivity index (χ1) is 13.8. The van der Waals surface area contributed by atoms with Gasteiger partial charge in [0.1, 0.15) is 5.54 Å². The smallest absolute Gasteiger partial charge is 0.325 e. The number of rotatable bonds is 8. The SMILES string of the molecule is CCC(=O)Nc1ccc(S(=O)(=O)NCCCN2C(=O)NC3(CCCC3)C2=O)cc1. The second-order valence-electron chi connectivity index (χ2n) is 7.35. The maximum atomic E-state index is 12.6. The molecule has 10 heteroatoms. The second kappa shape index (κ2) is 8.50. The van der Waals surface area contributed by atoms with Gasteiger partial charge in [-0.25, -0.2) is 17.9 Å². The van der Waals surface area contributed by atoms with Crippen molar-refractivity contribution < 1.29 is 22.8 Å². The van der Waals surface area contributed by atoms with Crippen molar-refractivity contribution in [3.05, 3.63) is 24.3 Å². The van der Waals surface area contributed by atoms with Crippen LogP contribution < -0.4 is 15.4 Å². The maximum absolute atomic E-state index is 12.6. The molecule has 3 N–H and O–H groups in total. The number of nitrogens with one attached hydrogen (secondary N) is 3. The largest absolute Gasteiger partial charge is 0.326 e. The summed E-state index contributed by atoms with van der Waals surface area (Å²) < 4.78 is 27.3. The fourth-order valence-electron chi connectivity index (χ4n) is 3.69. The summed E-state index contributed by atoms with van der Waals surface area (Å²) in [5.41, 5.74) is -0.221. The van der Waals surface area contributed by atoms with Gasteiger partial charge in [-0.2, -0.15) is 0 Å². The van der Waals surface area contributed by atoms with Crippen molar-refractivity contribution in [2.75, 3.05) is 18.4 Å². The standard InChI is InChI=1S/C19H26N4O5S/c1-2-16(24)21-14-6-8-15(9-7-14)29(27,28)20-12-5-13-23-17(25)19(22-18(23)26)10-3-4-11-19/h6-9,20H,2-5,10-13H2,1H3,(H,21,24)(H,22,26). The number of carbonyl (C=O) groups excluding carboxylic acids is 3. The summed E-state index contributed by atoms with van der Waals surface area (Å²) in [5.74, 6) is -0.355. The molecular weight excluding hydrogens is 396 g/mol. The lowest BCUT2D eigenvalue weighted by molar-refractivity contribution is -0.131. The number of hydrogen-bond donors (Lipinski definition) is 3. The predicted molar refractivity (Wildman–Crippen MR) is 107 cm³/mol. The molecule has 1 saturated carbocycles. The van der Waals surface area contributed by atoms with Gasteiger partial charge in [0, 0.05) is 25.2 Å². The summed E-state index contributed by atoms with van der Waals surface area (Å²) >= 11 is 0. The lowest BCUT2D eigenvalue weighted by Crippen LogP contribution is -2.44. The van der Waals surface area contributed by atoms with E-state index in [-0.39, 0.29) is 29.8 Å². The van der Waals surface area contributed by atoms with E-state index in [1.807, 2.05) is 0 Å². The van der Waals surface area contributed by atoms with E-state index < -0.39 is 21.6 Å². The summed E-state index contributed by atoms with van der Waals surface area (Å²) in [7, 11) is -3.72. The van der Waals surface area contributed by atoms with Gasteiger partial charge in [0.15, 0.2) is 0 Å². The first kappa shape index (κ1) is 21.3. The highest BCUT2D eigenvalue weighted by Crippen LogP contribution is 2.34. The lowest BCUT2D eigenvalue weighted by Gasteiger charge is -2.20. The van der Waals surface area contributed by atoms with Crippen LogP contribution in [-0.2, 0) is 19.6 Å². The predicted octanol–water partition coefficient (Wildman–Crippen LogP) is 1.57. The minimum Gasteiger partial charge on any atom is -0.326 e. The normalized spacial score (nSPS) is 18.3. The molecular formula is C19H26N4O5S. The molecule has 158 valence electrons. The van der Waals surface area contributed by atoms with Crippen LogP contribution in [0.5, 0.6) is 0 Å². The zero-order chi connectivity index (χ0) is 21.1. The molecule has 1 aliphatic heterocycles. The van der Waals surface area contributed by atoms with Crippen molar-refractivity contribution >= 4 is 33.6 Å². The zero-order valence-corrected chi connectivity index (χ0v) is 17.2. The molecule has 29 heavy (non-hydrogen) atoms. The lowest BCUT2D eigenvalue weighted by atomic mass is 9.98. The van der Waals surface area contributed by atoms with Gasteiger partial charge < -0.3 is 10.6 Å². The Morgan fingerprint density at radius 2 is 1.83 bits per heavy atom. The van der Waals surface area contributed by atoms with E-state index in [4.69, 9.17) is 0 Å². The molecule has 0 aromatic heterocycles. The minimum atomic E-state index is -3.72. The summed E-state index contributed by atoms with van der Waals surface area (Å²) in [6.07, 6.45) is 3.81. The van der Waals surface area contributed by atoms with Crippen LogP contribution in [0.4, 0.5) is 10.5 Å². The highest BCUT2D eigenvalue weighted by Gasteiger charge is 2.51. The molecule has 9 nitrogen and oxygen atoms in total. The minimum absolute atomic E-state index is 0.0758. The Balaban J connectivity index is 1.50. The quantitative estimate of drug-likeness (QED) is 0.433. The number of imide groups is 1. The summed E-state index contributed by atoms with van der Waals surface area (Å²) in [6, 6.07) is 5.47. The molecule has 3 rings (SSSR count). The van der Waals surface area contributed by atoms with Gasteiger partial charge >= 0.3 is 6.03 Å². The first-order valence-electron chi connectivity index (χ1n) is 9.81. The highest BCUT2D eigenvalue weighted by atomic mass is 32.2. The van der Waals surface area contributed by atoms with E-state index in [0.29, 0.717) is 31.4 Å². The first-order valence-corrected chi connectivity index (χ1v) is 11.3. The average molecular weight is 423 g/mol. The van der Waals surface area contributed by atoms with Gasteiger partial charge in [-0.3, -0.25) is 14.5 Å². The summed E-state index contributed by atoms with van der Waals surface area (Å²) in [6.45, 7) is 1.99. The molecule has 0 unspecified atom stereocenters. The van der Waals surface area contributed by atoms with Crippen LogP contribution in [0.1, 0.15) is 45.4 Å². The highest BCUT2D eigenvalue weighted by molar-refractivity contribution is 7.89.